The van der Waals surface area contributed by atoms with Crippen molar-refractivity contribution >= 4 is 40.7 Å². The lowest BCUT2D eigenvalue weighted by Crippen LogP contribution is -1.70. The van der Waals surface area contributed by atoms with Gasteiger partial charge in [0.25, 0.3) is 5.22 Å². The molecule has 0 N–H and O–H groups in total. The van der Waals surface area contributed by atoms with E-state index in [0.717, 1.165) is 0 Å². The Hall–Kier alpha value is -1.72. The van der Waals surface area contributed by atoms with Gasteiger partial charge in [0.05, 0.1) is 0 Å². The van der Waals surface area contributed by atoms with Gasteiger partial charge in [0, 0.05) is 16.8 Å². The van der Waals surface area contributed by atoms with Crippen molar-refractivity contribution in [3.63, 3.8) is 0 Å². The molecule has 3 aromatic rings. The normalized spacial score (nSPS) is 10.9. The minimum Gasteiger partial charge on any atom is -0.447 e. The van der Waals surface area contributed by atoms with E-state index in [0.29, 0.717) is 32.7 Å². The van der Waals surface area contributed by atoms with Crippen molar-refractivity contribution in [1.29, 1.82) is 0 Å². The standard InChI is InChI=1S/C12H6ClNO3S/c13-7-1-3-10-9(5-7)14-12(17-10)18-11-4-2-8(6-15)16-11/h1-6H. The summed E-state index contributed by atoms with van der Waals surface area (Å²) in [6.07, 6.45) is 0.649. The van der Waals surface area contributed by atoms with Crippen molar-refractivity contribution in [2.24, 2.45) is 0 Å². The van der Waals surface area contributed by atoms with Gasteiger partial charge in [0.2, 0.25) is 0 Å². The van der Waals surface area contributed by atoms with Gasteiger partial charge in [0.15, 0.2) is 22.7 Å². The highest BCUT2D eigenvalue weighted by Gasteiger charge is 2.10. The summed E-state index contributed by atoms with van der Waals surface area (Å²) in [5.74, 6) is 0.275. The van der Waals surface area contributed by atoms with Crippen LogP contribution < -0.4 is 0 Å². The van der Waals surface area contributed by atoms with Crippen molar-refractivity contribution in [3.8, 4) is 0 Å². The zero-order chi connectivity index (χ0) is 12.5. The maximum absolute atomic E-state index is 10.5. The Kier molecular flexibility index (Phi) is 2.85. The van der Waals surface area contributed by atoms with E-state index in [1.807, 2.05) is 0 Å². The van der Waals surface area contributed by atoms with Gasteiger partial charge in [-0.05, 0) is 30.3 Å². The number of aldehydes is 1. The van der Waals surface area contributed by atoms with Crippen LogP contribution in [0.25, 0.3) is 11.1 Å². The van der Waals surface area contributed by atoms with Crippen molar-refractivity contribution in [3.05, 3.63) is 41.1 Å². The van der Waals surface area contributed by atoms with Crippen LogP contribution in [-0.4, -0.2) is 11.3 Å². The Labute approximate surface area is 111 Å². The summed E-state index contributed by atoms with van der Waals surface area (Å²) in [7, 11) is 0. The summed E-state index contributed by atoms with van der Waals surface area (Å²) < 4.78 is 10.7. The van der Waals surface area contributed by atoms with Gasteiger partial charge in [0.1, 0.15) is 5.52 Å². The number of fused-ring (bicyclic) bond motifs is 1. The zero-order valence-electron chi connectivity index (χ0n) is 8.92. The third-order valence-corrected chi connectivity index (χ3v) is 3.24. The fourth-order valence-electron chi connectivity index (χ4n) is 1.46. The van der Waals surface area contributed by atoms with Crippen LogP contribution in [0.1, 0.15) is 10.6 Å². The highest BCUT2D eigenvalue weighted by atomic mass is 35.5. The van der Waals surface area contributed by atoms with Crippen molar-refractivity contribution in [1.82, 2.24) is 4.98 Å². The average Bonchev–Trinajstić information content (AvgIpc) is 2.95. The van der Waals surface area contributed by atoms with Gasteiger partial charge < -0.3 is 8.83 Å². The van der Waals surface area contributed by atoms with Gasteiger partial charge in [-0.15, -0.1) is 0 Å². The summed E-state index contributed by atoms with van der Waals surface area (Å²) in [5.41, 5.74) is 1.34. The summed E-state index contributed by atoms with van der Waals surface area (Å²) in [5, 5.41) is 1.60. The molecule has 0 aliphatic heterocycles. The molecular weight excluding hydrogens is 274 g/mol. The molecule has 90 valence electrons. The highest BCUT2D eigenvalue weighted by molar-refractivity contribution is 7.99. The minimum atomic E-state index is 0.275. The van der Waals surface area contributed by atoms with Crippen LogP contribution in [-0.2, 0) is 0 Å². The van der Waals surface area contributed by atoms with E-state index < -0.39 is 0 Å². The predicted molar refractivity (Wildman–Crippen MR) is 67.2 cm³/mol. The minimum absolute atomic E-state index is 0.275. The Balaban J connectivity index is 1.92. The lowest BCUT2D eigenvalue weighted by Gasteiger charge is -1.88. The van der Waals surface area contributed by atoms with E-state index >= 15 is 0 Å². The Morgan fingerprint density at radius 3 is 2.89 bits per heavy atom. The summed E-state index contributed by atoms with van der Waals surface area (Å²) in [4.78, 5) is 14.8. The van der Waals surface area contributed by atoms with Gasteiger partial charge in [-0.25, -0.2) is 4.98 Å². The van der Waals surface area contributed by atoms with Gasteiger partial charge in [-0.1, -0.05) is 11.6 Å². The summed E-state index contributed by atoms with van der Waals surface area (Å²) in [6, 6.07) is 8.50. The Morgan fingerprint density at radius 1 is 1.22 bits per heavy atom. The highest BCUT2D eigenvalue weighted by Crippen LogP contribution is 2.31. The predicted octanol–water partition coefficient (Wildman–Crippen LogP) is 4.04. The van der Waals surface area contributed by atoms with Gasteiger partial charge in [-0.2, -0.15) is 0 Å². The molecule has 0 radical (unpaired) electrons. The summed E-state index contributed by atoms with van der Waals surface area (Å²) >= 11 is 7.07. The van der Waals surface area contributed by atoms with E-state index in [-0.39, 0.29) is 5.76 Å². The van der Waals surface area contributed by atoms with Crippen LogP contribution in [0.4, 0.5) is 0 Å². The molecule has 0 amide bonds. The van der Waals surface area contributed by atoms with Crippen molar-refractivity contribution < 1.29 is 13.6 Å². The zero-order valence-corrected chi connectivity index (χ0v) is 10.5. The Morgan fingerprint density at radius 2 is 2.11 bits per heavy atom. The van der Waals surface area contributed by atoms with Crippen molar-refractivity contribution in [2.75, 3.05) is 0 Å². The molecule has 0 atom stereocenters. The number of rotatable bonds is 3. The molecule has 0 bridgehead atoms. The molecule has 0 aliphatic carbocycles. The first kappa shape index (κ1) is 11.4. The molecule has 18 heavy (non-hydrogen) atoms. The lowest BCUT2D eigenvalue weighted by atomic mass is 10.3. The van der Waals surface area contributed by atoms with Crippen LogP contribution in [0.2, 0.25) is 5.02 Å². The number of benzene rings is 1. The van der Waals surface area contributed by atoms with Crippen LogP contribution in [0.15, 0.2) is 49.5 Å². The molecule has 4 nitrogen and oxygen atoms in total. The molecule has 0 aliphatic rings. The average molecular weight is 280 g/mol. The van der Waals surface area contributed by atoms with E-state index in [4.69, 9.17) is 20.4 Å². The number of carbonyl (C=O) groups excluding carboxylic acids is 1. The molecular formula is C12H6ClNO3S. The number of furan rings is 1. The molecule has 0 saturated carbocycles. The maximum Gasteiger partial charge on any atom is 0.264 e. The van der Waals surface area contributed by atoms with Gasteiger partial charge >= 0.3 is 0 Å². The third kappa shape index (κ3) is 2.14. The monoisotopic (exact) mass is 279 g/mol. The molecule has 0 saturated heterocycles. The third-order valence-electron chi connectivity index (χ3n) is 2.24. The second-order valence-electron chi connectivity index (χ2n) is 3.47. The number of halogens is 1. The van der Waals surface area contributed by atoms with E-state index in [2.05, 4.69) is 4.98 Å². The first-order valence-electron chi connectivity index (χ1n) is 5.03. The molecule has 2 heterocycles. The first-order chi connectivity index (χ1) is 8.74. The quantitative estimate of drug-likeness (QED) is 0.677. The van der Waals surface area contributed by atoms with Crippen molar-refractivity contribution in [2.45, 2.75) is 10.3 Å². The molecule has 2 aromatic heterocycles. The van der Waals surface area contributed by atoms with Crippen LogP contribution in [0.3, 0.4) is 0 Å². The van der Waals surface area contributed by atoms with E-state index in [1.165, 1.54) is 11.8 Å². The van der Waals surface area contributed by atoms with E-state index in [1.54, 1.807) is 30.3 Å². The fourth-order valence-corrected chi connectivity index (χ4v) is 2.35. The number of aromatic nitrogens is 1. The fraction of sp³-hybridized carbons (Fsp3) is 0. The lowest BCUT2D eigenvalue weighted by molar-refractivity contribution is 0.109. The molecule has 3 rings (SSSR count). The van der Waals surface area contributed by atoms with Gasteiger partial charge in [-0.3, -0.25) is 4.79 Å². The molecule has 0 spiro atoms. The topological polar surface area (TPSA) is 56.2 Å². The van der Waals surface area contributed by atoms with Crippen LogP contribution in [0.5, 0.6) is 0 Å². The number of oxazole rings is 1. The molecule has 0 unspecified atom stereocenters. The second-order valence-corrected chi connectivity index (χ2v) is 4.86. The maximum atomic E-state index is 10.5. The smallest absolute Gasteiger partial charge is 0.264 e. The second kappa shape index (κ2) is 4.51. The number of carbonyl (C=O) groups is 1. The molecule has 6 heteroatoms. The van der Waals surface area contributed by atoms with Crippen LogP contribution >= 0.6 is 23.4 Å². The SMILES string of the molecule is O=Cc1ccc(Sc2nc3cc(Cl)ccc3o2)o1. The Bertz CT molecular complexity index is 719. The van der Waals surface area contributed by atoms with Crippen LogP contribution in [0, 0.1) is 0 Å². The molecule has 1 aromatic carbocycles. The number of hydrogen-bond donors (Lipinski definition) is 0. The number of nitrogens with zero attached hydrogens (tertiary/aromatic N) is 1. The molecule has 0 fully saturated rings. The van der Waals surface area contributed by atoms with E-state index in [9.17, 15) is 4.79 Å². The summed E-state index contributed by atoms with van der Waals surface area (Å²) in [6.45, 7) is 0. The first-order valence-corrected chi connectivity index (χ1v) is 6.23. The largest absolute Gasteiger partial charge is 0.447 e. The number of hydrogen-bond acceptors (Lipinski definition) is 5.